The second kappa shape index (κ2) is 5.20. The van der Waals surface area contributed by atoms with Crippen molar-refractivity contribution in [2.75, 3.05) is 0 Å². The zero-order valence-electron chi connectivity index (χ0n) is 11.8. The van der Waals surface area contributed by atoms with Gasteiger partial charge in [0.1, 0.15) is 17.2 Å². The molecule has 1 aliphatic rings. The van der Waals surface area contributed by atoms with E-state index in [9.17, 15) is 19.5 Å². The topological polar surface area (TPSA) is 109 Å². The Kier molecular flexibility index (Phi) is 3.48. The first kappa shape index (κ1) is 14.7. The van der Waals surface area contributed by atoms with Gasteiger partial charge in [-0.05, 0) is 18.4 Å². The summed E-state index contributed by atoms with van der Waals surface area (Å²) in [7, 11) is 0. The maximum absolute atomic E-state index is 12.7. The molecule has 0 amide bonds. The first-order chi connectivity index (χ1) is 10.4. The third-order valence-electron chi connectivity index (χ3n) is 3.92. The lowest BCUT2D eigenvalue weighted by Gasteiger charge is -2.10. The van der Waals surface area contributed by atoms with E-state index >= 15 is 0 Å². The van der Waals surface area contributed by atoms with Gasteiger partial charge in [-0.1, -0.05) is 6.92 Å². The van der Waals surface area contributed by atoms with Crippen molar-refractivity contribution < 1.29 is 19.8 Å². The van der Waals surface area contributed by atoms with Crippen molar-refractivity contribution in [3.8, 4) is 0 Å². The lowest BCUT2D eigenvalue weighted by atomic mass is 10.0. The Morgan fingerprint density at radius 2 is 2.14 bits per heavy atom. The van der Waals surface area contributed by atoms with Gasteiger partial charge in [0, 0.05) is 11.3 Å². The minimum absolute atomic E-state index is 0.281. The van der Waals surface area contributed by atoms with Crippen molar-refractivity contribution in [3.63, 3.8) is 0 Å². The van der Waals surface area contributed by atoms with Crippen molar-refractivity contribution in [1.29, 1.82) is 0 Å². The van der Waals surface area contributed by atoms with Crippen LogP contribution in [0.4, 0.5) is 0 Å². The Morgan fingerprint density at radius 3 is 2.73 bits per heavy atom. The van der Waals surface area contributed by atoms with Gasteiger partial charge in [-0.3, -0.25) is 19.0 Å². The number of hydrogen-bond donors (Lipinski definition) is 2. The molecule has 0 bridgehead atoms. The van der Waals surface area contributed by atoms with Gasteiger partial charge in [0.2, 0.25) is 0 Å². The highest BCUT2D eigenvalue weighted by Crippen LogP contribution is 2.42. The normalized spacial score (nSPS) is 16.9. The SMILES string of the molecule is CCc1nc2sc3c(c2c(=O)n1CC(=O)O)C(C(=O)O)CC3. The second-order valence-electron chi connectivity index (χ2n) is 5.22. The fraction of sp³-hybridized carbons (Fsp3) is 0.429. The number of rotatable bonds is 4. The molecule has 8 heteroatoms. The van der Waals surface area contributed by atoms with Gasteiger partial charge in [-0.25, -0.2) is 4.98 Å². The molecule has 2 heterocycles. The summed E-state index contributed by atoms with van der Waals surface area (Å²) < 4.78 is 1.13. The third-order valence-corrected chi connectivity index (χ3v) is 5.08. The van der Waals surface area contributed by atoms with Crippen LogP contribution in [0.25, 0.3) is 10.2 Å². The van der Waals surface area contributed by atoms with Crippen LogP contribution in [0.2, 0.25) is 0 Å². The number of thiophene rings is 1. The molecule has 1 atom stereocenters. The number of hydrogen-bond acceptors (Lipinski definition) is 5. The van der Waals surface area contributed by atoms with Crippen molar-refractivity contribution in [2.45, 2.75) is 38.6 Å². The summed E-state index contributed by atoms with van der Waals surface area (Å²) in [6, 6.07) is 0. The Bertz CT molecular complexity index is 851. The van der Waals surface area contributed by atoms with E-state index in [1.165, 1.54) is 11.3 Å². The van der Waals surface area contributed by atoms with E-state index in [0.717, 1.165) is 9.44 Å². The van der Waals surface area contributed by atoms with Crippen LogP contribution >= 0.6 is 11.3 Å². The van der Waals surface area contributed by atoms with E-state index < -0.39 is 30.0 Å². The van der Waals surface area contributed by atoms with Crippen molar-refractivity contribution in [2.24, 2.45) is 0 Å². The van der Waals surface area contributed by atoms with Gasteiger partial charge in [0.15, 0.2) is 0 Å². The van der Waals surface area contributed by atoms with Crippen LogP contribution in [0.5, 0.6) is 0 Å². The summed E-state index contributed by atoms with van der Waals surface area (Å²) in [4.78, 5) is 40.9. The number of aromatic nitrogens is 2. The number of nitrogens with zero attached hydrogens (tertiary/aromatic N) is 2. The maximum Gasteiger partial charge on any atom is 0.323 e. The second-order valence-corrected chi connectivity index (χ2v) is 6.30. The van der Waals surface area contributed by atoms with Crippen molar-refractivity contribution >= 4 is 33.5 Å². The first-order valence-electron chi connectivity index (χ1n) is 6.93. The van der Waals surface area contributed by atoms with Crippen LogP contribution in [0, 0.1) is 0 Å². The van der Waals surface area contributed by atoms with E-state index in [1.54, 1.807) is 6.92 Å². The zero-order valence-corrected chi connectivity index (χ0v) is 12.6. The number of carboxylic acids is 2. The number of carboxylic acid groups (broad SMARTS) is 2. The predicted octanol–water partition coefficient (Wildman–Crippen LogP) is 1.22. The molecule has 3 rings (SSSR count). The fourth-order valence-electron chi connectivity index (χ4n) is 2.98. The van der Waals surface area contributed by atoms with E-state index in [0.29, 0.717) is 35.5 Å². The van der Waals surface area contributed by atoms with Gasteiger partial charge < -0.3 is 10.2 Å². The molecule has 0 saturated heterocycles. The first-order valence-corrected chi connectivity index (χ1v) is 7.75. The number of aryl methyl sites for hydroxylation is 2. The van der Waals surface area contributed by atoms with Crippen LogP contribution in [0.15, 0.2) is 4.79 Å². The summed E-state index contributed by atoms with van der Waals surface area (Å²) >= 11 is 1.34. The molecule has 2 N–H and O–H groups in total. The number of carbonyl (C=O) groups is 2. The Hall–Kier alpha value is -2.22. The van der Waals surface area contributed by atoms with Gasteiger partial charge in [0.05, 0.1) is 11.3 Å². The minimum atomic E-state index is -1.13. The highest BCUT2D eigenvalue weighted by Gasteiger charge is 2.34. The minimum Gasteiger partial charge on any atom is -0.481 e. The highest BCUT2D eigenvalue weighted by atomic mass is 32.1. The molecule has 0 fully saturated rings. The van der Waals surface area contributed by atoms with Crippen LogP contribution in [0.1, 0.15) is 35.5 Å². The molecule has 2 aromatic rings. The van der Waals surface area contributed by atoms with E-state index in [2.05, 4.69) is 4.98 Å². The van der Waals surface area contributed by atoms with Crippen molar-refractivity contribution in [3.05, 3.63) is 26.6 Å². The molecule has 1 aliphatic carbocycles. The molecular weight excluding hydrogens is 308 g/mol. The molecular formula is C14H14N2O5S. The van der Waals surface area contributed by atoms with E-state index in [1.807, 2.05) is 0 Å². The van der Waals surface area contributed by atoms with Crippen LogP contribution < -0.4 is 5.56 Å². The van der Waals surface area contributed by atoms with Gasteiger partial charge in [0.25, 0.3) is 5.56 Å². The Balaban J connectivity index is 2.32. The predicted molar refractivity (Wildman–Crippen MR) is 79.6 cm³/mol. The van der Waals surface area contributed by atoms with Crippen LogP contribution in [0.3, 0.4) is 0 Å². The molecule has 116 valence electrons. The molecule has 0 aromatic carbocycles. The van der Waals surface area contributed by atoms with Crippen molar-refractivity contribution in [1.82, 2.24) is 9.55 Å². The molecule has 22 heavy (non-hydrogen) atoms. The van der Waals surface area contributed by atoms with Crippen LogP contribution in [-0.4, -0.2) is 31.7 Å². The summed E-state index contributed by atoms with van der Waals surface area (Å²) in [6.07, 6.45) is 1.52. The lowest BCUT2D eigenvalue weighted by molar-refractivity contribution is -0.139. The number of aliphatic carboxylic acids is 2. The molecule has 0 radical (unpaired) electrons. The average Bonchev–Trinajstić information content (AvgIpc) is 2.99. The molecule has 0 spiro atoms. The standard InChI is InChI=1S/C14H14N2O5S/c1-2-8-15-12-11(13(19)16(8)5-9(17)18)10-6(14(20)21)3-4-7(10)22-12/h6H,2-5H2,1H3,(H,17,18)(H,20,21). The quantitative estimate of drug-likeness (QED) is 0.876. The van der Waals surface area contributed by atoms with Crippen LogP contribution in [-0.2, 0) is 29.0 Å². The Labute approximate surface area is 128 Å². The molecule has 7 nitrogen and oxygen atoms in total. The van der Waals surface area contributed by atoms with E-state index in [-0.39, 0.29) is 5.39 Å². The lowest BCUT2D eigenvalue weighted by Crippen LogP contribution is -2.28. The fourth-order valence-corrected chi connectivity index (χ4v) is 4.24. The largest absolute Gasteiger partial charge is 0.481 e. The van der Waals surface area contributed by atoms with Gasteiger partial charge >= 0.3 is 11.9 Å². The van der Waals surface area contributed by atoms with Gasteiger partial charge in [-0.15, -0.1) is 11.3 Å². The smallest absolute Gasteiger partial charge is 0.323 e. The summed E-state index contributed by atoms with van der Waals surface area (Å²) in [5.41, 5.74) is 0.0849. The molecule has 1 unspecified atom stereocenters. The average molecular weight is 322 g/mol. The summed E-state index contributed by atoms with van der Waals surface area (Å²) in [5.74, 6) is -2.38. The monoisotopic (exact) mass is 322 g/mol. The third kappa shape index (κ3) is 2.10. The van der Waals surface area contributed by atoms with Gasteiger partial charge in [-0.2, -0.15) is 0 Å². The number of fused-ring (bicyclic) bond motifs is 3. The Morgan fingerprint density at radius 1 is 1.41 bits per heavy atom. The highest BCUT2D eigenvalue weighted by molar-refractivity contribution is 7.18. The molecule has 0 aliphatic heterocycles. The summed E-state index contributed by atoms with van der Waals surface area (Å²) in [6.45, 7) is 1.33. The maximum atomic E-state index is 12.7. The molecule has 2 aromatic heterocycles. The zero-order chi connectivity index (χ0) is 16.0. The summed E-state index contributed by atoms with van der Waals surface area (Å²) in [5, 5.41) is 18.6. The molecule has 0 saturated carbocycles. The van der Waals surface area contributed by atoms with E-state index in [4.69, 9.17) is 5.11 Å².